The molecule has 3 amide bonds. The third kappa shape index (κ3) is 5.84. The molecule has 0 radical (unpaired) electrons. The lowest BCUT2D eigenvalue weighted by Gasteiger charge is -2.49. The molecule has 0 spiro atoms. The number of β-lactam (4-membered cyclic amide) rings is 1. The molecule has 2 atom stereocenters. The normalized spacial score (nSPS) is 18.8. The van der Waals surface area contributed by atoms with Gasteiger partial charge in [-0.3, -0.25) is 19.3 Å². The lowest BCUT2D eigenvalue weighted by Crippen LogP contribution is -2.71. The predicted molar refractivity (Wildman–Crippen MR) is 139 cm³/mol. The number of oxime groups is 1. The maximum Gasteiger partial charge on any atom is 0.352 e. The first-order valence-electron chi connectivity index (χ1n) is 11.6. The van der Waals surface area contributed by atoms with Gasteiger partial charge in [0.2, 0.25) is 17.9 Å². The summed E-state index contributed by atoms with van der Waals surface area (Å²) in [5.74, 6) is -2.41. The summed E-state index contributed by atoms with van der Waals surface area (Å²) in [6.45, 7) is 1.88. The van der Waals surface area contributed by atoms with Crippen molar-refractivity contribution in [3.8, 4) is 0 Å². The number of anilines is 2. The van der Waals surface area contributed by atoms with Crippen LogP contribution >= 0.6 is 23.3 Å². The number of nitrogen functional groups attached to an aromatic ring is 1. The zero-order valence-corrected chi connectivity index (χ0v) is 22.2. The number of amides is 3. The summed E-state index contributed by atoms with van der Waals surface area (Å²) < 4.78 is 5.66. The Balaban J connectivity index is 1.53. The number of pyridine rings is 1. The van der Waals surface area contributed by atoms with Crippen LogP contribution in [-0.2, 0) is 30.6 Å². The zero-order valence-electron chi connectivity index (χ0n) is 20.6. The Kier molecular flexibility index (Phi) is 8.72. The highest BCUT2D eigenvalue weighted by molar-refractivity contribution is 8.00. The molecule has 39 heavy (non-hydrogen) atoms. The number of rotatable bonds is 12. The van der Waals surface area contributed by atoms with Gasteiger partial charge in [-0.15, -0.1) is 11.8 Å². The van der Waals surface area contributed by atoms with E-state index in [2.05, 4.69) is 19.8 Å². The fourth-order valence-corrected chi connectivity index (χ4v) is 5.78. The molecular formula is C22H25N8O7S2+. The zero-order chi connectivity index (χ0) is 28.1. The van der Waals surface area contributed by atoms with Crippen molar-refractivity contribution in [2.75, 3.05) is 36.1 Å². The van der Waals surface area contributed by atoms with E-state index in [9.17, 15) is 29.4 Å². The van der Waals surface area contributed by atoms with Crippen molar-refractivity contribution >= 4 is 64.0 Å². The molecule has 0 aromatic carbocycles. The van der Waals surface area contributed by atoms with E-state index in [0.717, 1.165) is 16.4 Å². The van der Waals surface area contributed by atoms with Crippen molar-refractivity contribution in [1.82, 2.24) is 19.6 Å². The number of nitrogens with one attached hydrogen (secondary N) is 1. The minimum absolute atomic E-state index is 0.0526. The van der Waals surface area contributed by atoms with E-state index in [-0.39, 0.29) is 54.4 Å². The van der Waals surface area contributed by atoms with Gasteiger partial charge in [0.15, 0.2) is 24.1 Å². The first-order chi connectivity index (χ1) is 18.8. The second-order valence-electron chi connectivity index (χ2n) is 8.19. The van der Waals surface area contributed by atoms with E-state index < -0.39 is 29.2 Å². The number of aliphatic hydroxyl groups is 1. The standard InChI is InChI=1S/C22H24N8O7S2/c1-2-37-26-14(17-25-22(23)39-27-17)18(33)24-15-19(34)30-16(21(35)36)12(10-38-20(15)30)8-28-5-3-4-13(9-28)29(11-32)6-7-31/h3-5,9,11,15,20,31H,2,6-8,10H2,1H3,(H3-,23,24,25,27,33,35,36)/p+1/t15?,20-/m1/s1. The Bertz CT molecular complexity index is 1350. The third-order valence-electron chi connectivity index (χ3n) is 5.71. The molecule has 4 heterocycles. The number of aromatic nitrogens is 3. The van der Waals surface area contributed by atoms with Crippen molar-refractivity contribution in [3.63, 3.8) is 0 Å². The summed E-state index contributed by atoms with van der Waals surface area (Å²) >= 11 is 2.17. The van der Waals surface area contributed by atoms with Crippen molar-refractivity contribution in [3.05, 3.63) is 41.6 Å². The molecule has 1 fully saturated rings. The number of hydrogen-bond acceptors (Lipinski definition) is 12. The quantitative estimate of drug-likeness (QED) is 0.0754. The van der Waals surface area contributed by atoms with Crippen LogP contribution in [-0.4, -0.2) is 91.3 Å². The summed E-state index contributed by atoms with van der Waals surface area (Å²) in [7, 11) is 0. The number of nitrogens with zero attached hydrogens (tertiary/aromatic N) is 6. The van der Waals surface area contributed by atoms with Gasteiger partial charge in [-0.2, -0.15) is 13.9 Å². The van der Waals surface area contributed by atoms with Crippen LogP contribution in [0.1, 0.15) is 12.7 Å². The van der Waals surface area contributed by atoms with Gasteiger partial charge in [0, 0.05) is 35.5 Å². The van der Waals surface area contributed by atoms with E-state index >= 15 is 0 Å². The molecule has 0 saturated carbocycles. The molecule has 2 aliphatic rings. The number of thioether (sulfide) groups is 1. The molecule has 1 unspecified atom stereocenters. The summed E-state index contributed by atoms with van der Waals surface area (Å²) in [4.78, 5) is 61.1. The molecule has 4 rings (SSSR count). The summed E-state index contributed by atoms with van der Waals surface area (Å²) in [6, 6.07) is 2.37. The first-order valence-corrected chi connectivity index (χ1v) is 13.4. The van der Waals surface area contributed by atoms with Gasteiger partial charge in [-0.05, 0) is 13.0 Å². The van der Waals surface area contributed by atoms with Crippen LogP contribution in [0.25, 0.3) is 0 Å². The Morgan fingerprint density at radius 3 is 2.90 bits per heavy atom. The molecule has 17 heteroatoms. The van der Waals surface area contributed by atoms with Gasteiger partial charge < -0.3 is 31.0 Å². The number of fused-ring (bicyclic) bond motifs is 1. The minimum atomic E-state index is -1.28. The number of aliphatic hydroxyl groups excluding tert-OH is 1. The van der Waals surface area contributed by atoms with Gasteiger partial charge >= 0.3 is 5.97 Å². The molecule has 2 aliphatic heterocycles. The van der Waals surface area contributed by atoms with Gasteiger partial charge in [0.25, 0.3) is 11.8 Å². The monoisotopic (exact) mass is 577 g/mol. The highest BCUT2D eigenvalue weighted by Crippen LogP contribution is 2.40. The molecule has 0 aliphatic carbocycles. The molecule has 15 nitrogen and oxygen atoms in total. The van der Waals surface area contributed by atoms with Gasteiger partial charge in [0.05, 0.1) is 6.61 Å². The molecule has 1 saturated heterocycles. The van der Waals surface area contributed by atoms with E-state index in [4.69, 9.17) is 10.6 Å². The van der Waals surface area contributed by atoms with Crippen LogP contribution in [0.3, 0.4) is 0 Å². The van der Waals surface area contributed by atoms with Crippen LogP contribution in [0.5, 0.6) is 0 Å². The smallest absolute Gasteiger partial charge is 0.352 e. The number of aliphatic carboxylic acids is 1. The van der Waals surface area contributed by atoms with Crippen molar-refractivity contribution in [2.24, 2.45) is 5.16 Å². The van der Waals surface area contributed by atoms with E-state index in [1.54, 1.807) is 36.0 Å². The summed E-state index contributed by atoms with van der Waals surface area (Å²) in [6.07, 6.45) is 3.94. The first kappa shape index (κ1) is 27.9. The minimum Gasteiger partial charge on any atom is -0.477 e. The number of carbonyl (C=O) groups excluding carboxylic acids is 3. The van der Waals surface area contributed by atoms with Crippen LogP contribution in [0.4, 0.5) is 10.8 Å². The lowest BCUT2D eigenvalue weighted by molar-refractivity contribution is -0.688. The lowest BCUT2D eigenvalue weighted by atomic mass is 10.0. The molecule has 0 bridgehead atoms. The highest BCUT2D eigenvalue weighted by atomic mass is 32.2. The number of carboxylic acid groups (broad SMARTS) is 1. The largest absolute Gasteiger partial charge is 0.477 e. The Morgan fingerprint density at radius 2 is 2.26 bits per heavy atom. The average Bonchev–Trinajstić information content (AvgIpc) is 3.35. The number of nitrogens with two attached hydrogens (primary N) is 1. The van der Waals surface area contributed by atoms with Crippen LogP contribution in [0, 0.1) is 0 Å². The topological polar surface area (TPSA) is 205 Å². The molecule has 206 valence electrons. The Labute approximate surface area is 230 Å². The van der Waals surface area contributed by atoms with Crippen LogP contribution in [0.15, 0.2) is 41.0 Å². The molecule has 2 aromatic heterocycles. The fourth-order valence-electron chi connectivity index (χ4n) is 4.01. The number of hydrogen-bond donors (Lipinski definition) is 4. The van der Waals surface area contributed by atoms with Crippen molar-refractivity contribution in [1.29, 1.82) is 0 Å². The van der Waals surface area contributed by atoms with Crippen molar-refractivity contribution in [2.45, 2.75) is 24.9 Å². The van der Waals surface area contributed by atoms with Crippen LogP contribution in [0.2, 0.25) is 0 Å². The Hall–Kier alpha value is -4.09. The summed E-state index contributed by atoms with van der Waals surface area (Å²) in [5, 5.41) is 25.0. The second-order valence-corrected chi connectivity index (χ2v) is 10.1. The fraction of sp³-hybridized carbons (Fsp3) is 0.364. The van der Waals surface area contributed by atoms with Gasteiger partial charge in [-0.25, -0.2) is 4.79 Å². The van der Waals surface area contributed by atoms with Crippen LogP contribution < -0.4 is 20.5 Å². The third-order valence-corrected chi connectivity index (χ3v) is 7.59. The predicted octanol–water partition coefficient (Wildman–Crippen LogP) is -1.46. The average molecular weight is 578 g/mol. The summed E-state index contributed by atoms with van der Waals surface area (Å²) in [5.41, 5.74) is 6.19. The number of carbonyl (C=O) groups is 4. The van der Waals surface area contributed by atoms with Gasteiger partial charge in [0.1, 0.15) is 29.4 Å². The van der Waals surface area contributed by atoms with Crippen molar-refractivity contribution < 1.29 is 38.8 Å². The SMILES string of the molecule is CCON=C(C(=O)NC1C(=O)N2C(C(=O)O)=C(C[n+]3cccc(N(C=O)CCO)c3)CS[C@H]12)c1nsc(N)n1. The maximum absolute atomic E-state index is 13.1. The maximum atomic E-state index is 13.1. The second kappa shape index (κ2) is 12.2. The molecular weight excluding hydrogens is 552 g/mol. The highest BCUT2D eigenvalue weighted by Gasteiger charge is 2.55. The number of carboxylic acids is 1. The van der Waals surface area contributed by atoms with E-state index in [0.29, 0.717) is 17.7 Å². The Morgan fingerprint density at radius 1 is 1.46 bits per heavy atom. The van der Waals surface area contributed by atoms with E-state index in [1.165, 1.54) is 16.7 Å². The molecule has 2 aromatic rings. The van der Waals surface area contributed by atoms with E-state index in [1.807, 2.05) is 0 Å². The molecule has 5 N–H and O–H groups in total. The van der Waals surface area contributed by atoms with Gasteiger partial charge in [-0.1, -0.05) is 5.16 Å².